The van der Waals surface area contributed by atoms with E-state index in [-0.39, 0.29) is 11.2 Å². The lowest BCUT2D eigenvalue weighted by Crippen LogP contribution is -2.35. The number of hydrogen-bond acceptors (Lipinski definition) is 5. The molecular formula is C8H13F3N4S. The standard InChI is InChI=1S/C8H13F3N4S/c1-5(2)15(4-3-12)7-13-6(14-16-7)8(9,10)11/h5H,3-4,12H2,1-2H3. The first-order chi connectivity index (χ1) is 7.36. The van der Waals surface area contributed by atoms with E-state index in [4.69, 9.17) is 5.73 Å². The molecule has 1 aromatic rings. The molecule has 1 heterocycles. The second-order valence-electron chi connectivity index (χ2n) is 3.47. The Morgan fingerprint density at radius 1 is 1.44 bits per heavy atom. The highest BCUT2D eigenvalue weighted by atomic mass is 32.1. The van der Waals surface area contributed by atoms with Crippen LogP contribution in [0.25, 0.3) is 0 Å². The molecule has 0 fully saturated rings. The van der Waals surface area contributed by atoms with Crippen molar-refractivity contribution in [1.29, 1.82) is 0 Å². The Balaban J connectivity index is 2.90. The maximum Gasteiger partial charge on any atom is 0.452 e. The van der Waals surface area contributed by atoms with E-state index in [1.165, 1.54) is 0 Å². The molecule has 1 aromatic heterocycles. The highest BCUT2D eigenvalue weighted by molar-refractivity contribution is 7.09. The van der Waals surface area contributed by atoms with Crippen LogP contribution in [0, 0.1) is 0 Å². The van der Waals surface area contributed by atoms with Crippen LogP contribution in [0.1, 0.15) is 19.7 Å². The van der Waals surface area contributed by atoms with Gasteiger partial charge < -0.3 is 10.6 Å². The van der Waals surface area contributed by atoms with Crippen LogP contribution in [-0.2, 0) is 6.18 Å². The second-order valence-corrected chi connectivity index (χ2v) is 4.20. The molecule has 0 unspecified atom stereocenters. The monoisotopic (exact) mass is 254 g/mol. The minimum Gasteiger partial charge on any atom is -0.343 e. The molecule has 0 amide bonds. The Labute approximate surface area is 95.4 Å². The van der Waals surface area contributed by atoms with Crippen molar-refractivity contribution in [3.05, 3.63) is 5.82 Å². The molecule has 0 aliphatic carbocycles. The number of alkyl halides is 3. The van der Waals surface area contributed by atoms with Gasteiger partial charge in [-0.05, 0) is 13.8 Å². The molecule has 2 N–H and O–H groups in total. The third-order valence-corrected chi connectivity index (χ3v) is 2.66. The zero-order valence-corrected chi connectivity index (χ0v) is 9.77. The van der Waals surface area contributed by atoms with Gasteiger partial charge in [0.1, 0.15) is 0 Å². The molecule has 0 aliphatic heterocycles. The fourth-order valence-corrected chi connectivity index (χ4v) is 2.01. The van der Waals surface area contributed by atoms with E-state index in [1.807, 2.05) is 13.8 Å². The Hall–Kier alpha value is -0.890. The Morgan fingerprint density at radius 2 is 2.06 bits per heavy atom. The van der Waals surface area contributed by atoms with Gasteiger partial charge in [-0.1, -0.05) is 0 Å². The van der Waals surface area contributed by atoms with Crippen molar-refractivity contribution in [2.24, 2.45) is 5.73 Å². The van der Waals surface area contributed by atoms with E-state index in [0.717, 1.165) is 11.5 Å². The van der Waals surface area contributed by atoms with E-state index >= 15 is 0 Å². The van der Waals surface area contributed by atoms with Gasteiger partial charge in [-0.15, -0.1) is 0 Å². The number of anilines is 1. The summed E-state index contributed by atoms with van der Waals surface area (Å²) in [4.78, 5) is 5.18. The molecule has 92 valence electrons. The summed E-state index contributed by atoms with van der Waals surface area (Å²) in [7, 11) is 0. The lowest BCUT2D eigenvalue weighted by atomic mass is 10.3. The Morgan fingerprint density at radius 3 is 2.44 bits per heavy atom. The van der Waals surface area contributed by atoms with Crippen molar-refractivity contribution in [2.45, 2.75) is 26.1 Å². The quantitative estimate of drug-likeness (QED) is 0.889. The summed E-state index contributed by atoms with van der Waals surface area (Å²) in [6.07, 6.45) is -4.49. The molecule has 0 aliphatic rings. The van der Waals surface area contributed by atoms with Gasteiger partial charge in [0.05, 0.1) is 0 Å². The SMILES string of the molecule is CC(C)N(CCN)c1nc(C(F)(F)F)ns1. The van der Waals surface area contributed by atoms with Crippen molar-refractivity contribution in [1.82, 2.24) is 9.36 Å². The van der Waals surface area contributed by atoms with Gasteiger partial charge >= 0.3 is 6.18 Å². The molecule has 0 saturated carbocycles. The van der Waals surface area contributed by atoms with E-state index in [9.17, 15) is 13.2 Å². The second kappa shape index (κ2) is 4.96. The number of rotatable bonds is 4. The molecule has 16 heavy (non-hydrogen) atoms. The first-order valence-corrected chi connectivity index (χ1v) is 5.51. The van der Waals surface area contributed by atoms with Crippen molar-refractivity contribution in [3.8, 4) is 0 Å². The van der Waals surface area contributed by atoms with Crippen LogP contribution in [0.5, 0.6) is 0 Å². The van der Waals surface area contributed by atoms with Crippen molar-refractivity contribution in [2.75, 3.05) is 18.0 Å². The average Bonchev–Trinajstić information content (AvgIpc) is 2.61. The number of halogens is 3. The van der Waals surface area contributed by atoms with Crippen molar-refractivity contribution < 1.29 is 13.2 Å². The molecule has 0 atom stereocenters. The topological polar surface area (TPSA) is 55.0 Å². The van der Waals surface area contributed by atoms with Crippen molar-refractivity contribution >= 4 is 16.7 Å². The minimum absolute atomic E-state index is 0.0394. The van der Waals surface area contributed by atoms with Crippen LogP contribution in [0.3, 0.4) is 0 Å². The smallest absolute Gasteiger partial charge is 0.343 e. The fourth-order valence-electron chi connectivity index (χ4n) is 1.16. The normalized spacial score (nSPS) is 12.2. The molecule has 0 bridgehead atoms. The van der Waals surface area contributed by atoms with Gasteiger partial charge in [0.25, 0.3) is 0 Å². The van der Waals surface area contributed by atoms with Crippen molar-refractivity contribution in [3.63, 3.8) is 0 Å². The predicted octanol–water partition coefficient (Wildman–Crippen LogP) is 1.73. The van der Waals surface area contributed by atoms with Gasteiger partial charge in [0.2, 0.25) is 11.0 Å². The number of nitrogens with zero attached hydrogens (tertiary/aromatic N) is 3. The first kappa shape index (κ1) is 13.2. The number of hydrogen-bond donors (Lipinski definition) is 1. The van der Waals surface area contributed by atoms with Gasteiger partial charge in [0.15, 0.2) is 0 Å². The van der Waals surface area contributed by atoms with E-state index in [0.29, 0.717) is 13.1 Å². The minimum atomic E-state index is -4.49. The summed E-state index contributed by atoms with van der Waals surface area (Å²) in [5.74, 6) is -1.09. The molecule has 0 radical (unpaired) electrons. The summed E-state index contributed by atoms with van der Waals surface area (Å²) in [6.45, 7) is 4.55. The Kier molecular flexibility index (Phi) is 4.09. The lowest BCUT2D eigenvalue weighted by molar-refractivity contribution is -0.144. The maximum absolute atomic E-state index is 12.3. The van der Waals surface area contributed by atoms with Crippen LogP contribution in [0.4, 0.5) is 18.3 Å². The number of aromatic nitrogens is 2. The summed E-state index contributed by atoms with van der Waals surface area (Å²) in [5.41, 5.74) is 5.39. The lowest BCUT2D eigenvalue weighted by Gasteiger charge is -2.24. The van der Waals surface area contributed by atoms with Crippen LogP contribution in [0.15, 0.2) is 0 Å². The fraction of sp³-hybridized carbons (Fsp3) is 0.750. The number of nitrogens with two attached hydrogens (primary N) is 1. The predicted molar refractivity (Wildman–Crippen MR) is 56.4 cm³/mol. The van der Waals surface area contributed by atoms with E-state index in [2.05, 4.69) is 9.36 Å². The molecule has 8 heteroatoms. The summed E-state index contributed by atoms with van der Waals surface area (Å²) < 4.78 is 40.2. The van der Waals surface area contributed by atoms with Crippen LogP contribution >= 0.6 is 11.5 Å². The van der Waals surface area contributed by atoms with Crippen LogP contribution in [0.2, 0.25) is 0 Å². The summed E-state index contributed by atoms with van der Waals surface area (Å²) in [5, 5.41) is 0.257. The third kappa shape index (κ3) is 3.05. The Bertz CT molecular complexity index is 336. The van der Waals surface area contributed by atoms with E-state index in [1.54, 1.807) is 4.90 Å². The summed E-state index contributed by atoms with van der Waals surface area (Å²) in [6, 6.07) is 0.0394. The van der Waals surface area contributed by atoms with Gasteiger partial charge in [-0.3, -0.25) is 0 Å². The zero-order valence-electron chi connectivity index (χ0n) is 8.95. The summed E-state index contributed by atoms with van der Waals surface area (Å²) >= 11 is 0.742. The molecule has 0 aromatic carbocycles. The molecule has 1 rings (SSSR count). The molecule has 4 nitrogen and oxygen atoms in total. The first-order valence-electron chi connectivity index (χ1n) is 4.74. The van der Waals surface area contributed by atoms with Crippen LogP contribution in [-0.4, -0.2) is 28.5 Å². The third-order valence-electron chi connectivity index (χ3n) is 1.91. The van der Waals surface area contributed by atoms with E-state index < -0.39 is 12.0 Å². The highest BCUT2D eigenvalue weighted by Crippen LogP contribution is 2.30. The molecule has 0 spiro atoms. The molecule has 0 saturated heterocycles. The average molecular weight is 254 g/mol. The van der Waals surface area contributed by atoms with Gasteiger partial charge in [0, 0.05) is 30.7 Å². The molecular weight excluding hydrogens is 241 g/mol. The largest absolute Gasteiger partial charge is 0.452 e. The van der Waals surface area contributed by atoms with Gasteiger partial charge in [-0.2, -0.15) is 22.5 Å². The maximum atomic E-state index is 12.3. The van der Waals surface area contributed by atoms with Gasteiger partial charge in [-0.25, -0.2) is 0 Å². The van der Waals surface area contributed by atoms with Crippen LogP contribution < -0.4 is 10.6 Å². The zero-order chi connectivity index (χ0) is 12.3. The highest BCUT2D eigenvalue weighted by Gasteiger charge is 2.36.